The van der Waals surface area contributed by atoms with Gasteiger partial charge in [0.15, 0.2) is 0 Å². The number of hydrogen-bond donors (Lipinski definition) is 3. The van der Waals surface area contributed by atoms with Gasteiger partial charge in [0.25, 0.3) is 0 Å². The van der Waals surface area contributed by atoms with Crippen molar-refractivity contribution in [3.05, 3.63) is 41.1 Å². The second-order valence-electron chi connectivity index (χ2n) is 9.64. The number of fused-ring (bicyclic) bond motifs is 1. The van der Waals surface area contributed by atoms with Crippen molar-refractivity contribution in [2.45, 2.75) is 63.6 Å². The summed E-state index contributed by atoms with van der Waals surface area (Å²) in [5.74, 6) is 1.95. The number of aromatic nitrogens is 2. The number of para-hydroxylation sites is 1. The van der Waals surface area contributed by atoms with E-state index in [0.717, 1.165) is 62.5 Å². The van der Waals surface area contributed by atoms with Gasteiger partial charge in [-0.1, -0.05) is 12.1 Å². The number of nitrogens with zero attached hydrogens (tertiary/aromatic N) is 3. The Morgan fingerprint density at radius 1 is 1.06 bits per heavy atom. The highest BCUT2D eigenvalue weighted by molar-refractivity contribution is 5.90. The fraction of sp³-hybridized carbons (Fsp3) is 0.560. The molecule has 2 amide bonds. The molecule has 0 atom stereocenters. The number of halogens is 3. The van der Waals surface area contributed by atoms with Gasteiger partial charge in [-0.2, -0.15) is 18.2 Å². The van der Waals surface area contributed by atoms with Gasteiger partial charge in [0, 0.05) is 32.2 Å². The fourth-order valence-electron chi connectivity index (χ4n) is 4.95. The molecule has 190 valence electrons. The Morgan fingerprint density at radius 3 is 2.49 bits per heavy atom. The number of rotatable bonds is 6. The van der Waals surface area contributed by atoms with Gasteiger partial charge in [0.2, 0.25) is 5.95 Å². The first-order valence-electron chi connectivity index (χ1n) is 12.3. The van der Waals surface area contributed by atoms with Crippen molar-refractivity contribution in [1.29, 1.82) is 0 Å². The third-order valence-corrected chi connectivity index (χ3v) is 6.80. The van der Waals surface area contributed by atoms with E-state index in [1.165, 1.54) is 30.2 Å². The van der Waals surface area contributed by atoms with Gasteiger partial charge in [-0.25, -0.2) is 9.78 Å². The molecule has 1 aromatic carbocycles. The Bertz CT molecular complexity index is 1030. The van der Waals surface area contributed by atoms with E-state index < -0.39 is 17.8 Å². The Kier molecular flexibility index (Phi) is 7.66. The second kappa shape index (κ2) is 10.7. The Labute approximate surface area is 203 Å². The molecule has 2 aromatic rings. The first-order chi connectivity index (χ1) is 16.7. The van der Waals surface area contributed by atoms with E-state index in [2.05, 4.69) is 20.9 Å². The summed E-state index contributed by atoms with van der Waals surface area (Å²) in [6, 6.07) is 4.61. The van der Waals surface area contributed by atoms with Crippen LogP contribution in [0.15, 0.2) is 24.3 Å². The molecule has 7 nitrogen and oxygen atoms in total. The van der Waals surface area contributed by atoms with Gasteiger partial charge in [-0.05, 0) is 69.4 Å². The highest BCUT2D eigenvalue weighted by Crippen LogP contribution is 2.34. The lowest BCUT2D eigenvalue weighted by molar-refractivity contribution is -0.136. The molecule has 1 saturated carbocycles. The molecule has 0 radical (unpaired) electrons. The van der Waals surface area contributed by atoms with Crippen molar-refractivity contribution in [2.75, 3.05) is 36.2 Å². The van der Waals surface area contributed by atoms with Crippen LogP contribution < -0.4 is 20.9 Å². The monoisotopic (exact) mass is 490 g/mol. The van der Waals surface area contributed by atoms with Crippen LogP contribution >= 0.6 is 0 Å². The van der Waals surface area contributed by atoms with Crippen LogP contribution in [0, 0.1) is 5.92 Å². The largest absolute Gasteiger partial charge is 0.418 e. The Morgan fingerprint density at radius 2 is 1.77 bits per heavy atom. The summed E-state index contributed by atoms with van der Waals surface area (Å²) in [5.41, 5.74) is 1.31. The molecule has 2 aliphatic carbocycles. The average molecular weight is 491 g/mol. The minimum atomic E-state index is -4.52. The van der Waals surface area contributed by atoms with Crippen LogP contribution in [0.5, 0.6) is 0 Å². The molecule has 35 heavy (non-hydrogen) atoms. The number of carbonyl (C=O) groups excluding carboxylic acids is 1. The molecule has 0 spiro atoms. The number of nitrogens with one attached hydrogen (secondary N) is 3. The van der Waals surface area contributed by atoms with E-state index in [1.807, 2.05) is 14.1 Å². The molecule has 0 unspecified atom stereocenters. The summed E-state index contributed by atoms with van der Waals surface area (Å²) < 4.78 is 39.4. The molecule has 2 aliphatic rings. The number of benzene rings is 1. The van der Waals surface area contributed by atoms with Crippen LogP contribution in [0.4, 0.5) is 35.4 Å². The van der Waals surface area contributed by atoms with Crippen molar-refractivity contribution in [2.24, 2.45) is 5.92 Å². The summed E-state index contributed by atoms with van der Waals surface area (Å²) >= 11 is 0. The third-order valence-electron chi connectivity index (χ3n) is 6.80. The lowest BCUT2D eigenvalue weighted by Crippen LogP contribution is -2.36. The maximum atomic E-state index is 13.1. The maximum Gasteiger partial charge on any atom is 0.418 e. The molecule has 3 N–H and O–H groups in total. The summed E-state index contributed by atoms with van der Waals surface area (Å²) in [4.78, 5) is 23.9. The predicted molar refractivity (Wildman–Crippen MR) is 131 cm³/mol. The molecule has 0 saturated heterocycles. The predicted octanol–water partition coefficient (Wildman–Crippen LogP) is 5.23. The maximum absolute atomic E-state index is 13.1. The van der Waals surface area contributed by atoms with E-state index in [-0.39, 0.29) is 17.6 Å². The quantitative estimate of drug-likeness (QED) is 0.516. The number of hydrogen-bond acceptors (Lipinski definition) is 5. The van der Waals surface area contributed by atoms with Gasteiger partial charge >= 0.3 is 12.2 Å². The fourth-order valence-corrected chi connectivity index (χ4v) is 4.95. The third kappa shape index (κ3) is 6.35. The van der Waals surface area contributed by atoms with Gasteiger partial charge < -0.3 is 20.9 Å². The van der Waals surface area contributed by atoms with Crippen LogP contribution in [-0.2, 0) is 19.0 Å². The van der Waals surface area contributed by atoms with Crippen LogP contribution in [-0.4, -0.2) is 42.7 Å². The SMILES string of the molecule is CN(C)c1nc(N[C@H]2CC[C@@H](CNC(=O)Nc3ccccc3C(F)(F)F)CC2)nc2c1CCCC2. The molecule has 1 fully saturated rings. The molecule has 1 heterocycles. The van der Waals surface area contributed by atoms with Crippen LogP contribution in [0.3, 0.4) is 0 Å². The zero-order chi connectivity index (χ0) is 25.0. The number of aryl methyl sites for hydroxylation is 1. The molecule has 0 bridgehead atoms. The zero-order valence-corrected chi connectivity index (χ0v) is 20.2. The number of anilines is 3. The van der Waals surface area contributed by atoms with Gasteiger partial charge in [-0.3, -0.25) is 0 Å². The molecule has 0 aliphatic heterocycles. The van der Waals surface area contributed by atoms with Crippen LogP contribution in [0.1, 0.15) is 55.3 Å². The highest BCUT2D eigenvalue weighted by atomic mass is 19.4. The molecule has 1 aromatic heterocycles. The van der Waals surface area contributed by atoms with E-state index in [4.69, 9.17) is 9.97 Å². The number of urea groups is 1. The first kappa shape index (κ1) is 25.1. The minimum Gasteiger partial charge on any atom is -0.362 e. The van der Waals surface area contributed by atoms with E-state index in [9.17, 15) is 18.0 Å². The summed E-state index contributed by atoms with van der Waals surface area (Å²) in [6.45, 7) is 0.423. The Balaban J connectivity index is 1.26. The highest BCUT2D eigenvalue weighted by Gasteiger charge is 2.33. The van der Waals surface area contributed by atoms with Crippen molar-refractivity contribution in [3.63, 3.8) is 0 Å². The standard InChI is InChI=1S/C25H33F3N6O/c1-34(2)22-18-7-3-5-9-20(18)31-23(33-22)30-17-13-11-16(12-14-17)15-29-24(35)32-21-10-6-4-8-19(21)25(26,27)28/h4,6,8,10,16-17H,3,5,7,9,11-15H2,1-2H3,(H2,29,32,35)(H,30,31,33)/t16-,17+. The zero-order valence-electron chi connectivity index (χ0n) is 20.2. The molecule has 4 rings (SSSR count). The molecule has 10 heteroatoms. The topological polar surface area (TPSA) is 82.2 Å². The normalized spacial score (nSPS) is 20.0. The van der Waals surface area contributed by atoms with Crippen LogP contribution in [0.25, 0.3) is 0 Å². The van der Waals surface area contributed by atoms with Gasteiger partial charge in [-0.15, -0.1) is 0 Å². The van der Waals surface area contributed by atoms with Crippen LogP contribution in [0.2, 0.25) is 0 Å². The lowest BCUT2D eigenvalue weighted by Gasteiger charge is -2.30. The first-order valence-corrected chi connectivity index (χ1v) is 12.3. The molecular formula is C25H33F3N6O. The Hall–Kier alpha value is -3.04. The van der Waals surface area contributed by atoms with E-state index >= 15 is 0 Å². The van der Waals surface area contributed by atoms with Crippen molar-refractivity contribution >= 4 is 23.5 Å². The smallest absolute Gasteiger partial charge is 0.362 e. The van der Waals surface area contributed by atoms with Gasteiger partial charge in [0.1, 0.15) is 5.82 Å². The summed E-state index contributed by atoms with van der Waals surface area (Å²) in [6.07, 6.45) is 3.47. The number of carbonyl (C=O) groups is 1. The number of amides is 2. The van der Waals surface area contributed by atoms with E-state index in [1.54, 1.807) is 0 Å². The second-order valence-corrected chi connectivity index (χ2v) is 9.64. The summed E-state index contributed by atoms with van der Waals surface area (Å²) in [5, 5.41) is 8.57. The minimum absolute atomic E-state index is 0.243. The molecular weight excluding hydrogens is 457 g/mol. The van der Waals surface area contributed by atoms with Gasteiger partial charge in [0.05, 0.1) is 16.9 Å². The number of alkyl halides is 3. The summed E-state index contributed by atoms with van der Waals surface area (Å²) in [7, 11) is 4.02. The van der Waals surface area contributed by atoms with E-state index in [0.29, 0.717) is 12.5 Å². The van der Waals surface area contributed by atoms with Crippen molar-refractivity contribution in [1.82, 2.24) is 15.3 Å². The van der Waals surface area contributed by atoms with Crippen molar-refractivity contribution < 1.29 is 18.0 Å². The average Bonchev–Trinajstić information content (AvgIpc) is 2.82. The van der Waals surface area contributed by atoms with Crippen molar-refractivity contribution in [3.8, 4) is 0 Å². The lowest BCUT2D eigenvalue weighted by atomic mass is 9.86.